The fourth-order valence-electron chi connectivity index (χ4n) is 3.34. The third-order valence-corrected chi connectivity index (χ3v) is 4.59. The quantitative estimate of drug-likeness (QED) is 0.880. The Labute approximate surface area is 136 Å². The van der Waals surface area contributed by atoms with Gasteiger partial charge in [-0.25, -0.2) is 0 Å². The summed E-state index contributed by atoms with van der Waals surface area (Å²) in [6, 6.07) is 9.92. The molecule has 124 valence electrons. The van der Waals surface area contributed by atoms with Crippen molar-refractivity contribution in [1.82, 2.24) is 4.90 Å². The van der Waals surface area contributed by atoms with E-state index in [-0.39, 0.29) is 6.61 Å². The summed E-state index contributed by atoms with van der Waals surface area (Å²) < 4.78 is 11.0. The van der Waals surface area contributed by atoms with Crippen molar-refractivity contribution in [2.45, 2.75) is 18.6 Å². The Balaban J connectivity index is 1.98. The van der Waals surface area contributed by atoms with Gasteiger partial charge in [0.2, 0.25) is 0 Å². The van der Waals surface area contributed by atoms with E-state index in [1.54, 1.807) is 14.2 Å². The molecule has 1 aliphatic heterocycles. The first-order chi connectivity index (χ1) is 11.1. The van der Waals surface area contributed by atoms with E-state index in [0.717, 1.165) is 34.4 Å². The minimum atomic E-state index is -0.980. The third-order valence-electron chi connectivity index (χ3n) is 4.59. The van der Waals surface area contributed by atoms with Crippen LogP contribution < -0.4 is 9.47 Å². The molecule has 0 spiro atoms. The Morgan fingerprint density at radius 1 is 1.13 bits per heavy atom. The highest BCUT2D eigenvalue weighted by molar-refractivity contribution is 5.95. The van der Waals surface area contributed by atoms with Crippen LogP contribution in [0.4, 0.5) is 0 Å². The molecule has 2 aromatic rings. The van der Waals surface area contributed by atoms with E-state index in [9.17, 15) is 10.2 Å². The Morgan fingerprint density at radius 2 is 1.91 bits per heavy atom. The average Bonchev–Trinajstić information content (AvgIpc) is 2.96. The van der Waals surface area contributed by atoms with Crippen LogP contribution in [0.1, 0.15) is 12.0 Å². The number of β-amino-alcohol motifs (C(OH)–C–C–N with tert-alkyl or cyclic N) is 1. The predicted octanol–water partition coefficient (Wildman–Crippen LogP) is 1.79. The SMILES string of the molecule is COc1ccc(CN2CC[C@@](O)(CO)C2)c2c(OC)cccc12. The van der Waals surface area contributed by atoms with Gasteiger partial charge in [0.15, 0.2) is 0 Å². The molecule has 0 aliphatic carbocycles. The van der Waals surface area contributed by atoms with Crippen molar-refractivity contribution >= 4 is 10.8 Å². The number of hydrogen-bond donors (Lipinski definition) is 2. The third kappa shape index (κ3) is 3.00. The van der Waals surface area contributed by atoms with Gasteiger partial charge in [-0.2, -0.15) is 0 Å². The maximum atomic E-state index is 10.2. The number of aliphatic hydroxyl groups excluding tert-OH is 1. The van der Waals surface area contributed by atoms with Crippen molar-refractivity contribution in [3.8, 4) is 11.5 Å². The zero-order valence-corrected chi connectivity index (χ0v) is 13.6. The summed E-state index contributed by atoms with van der Waals surface area (Å²) >= 11 is 0. The van der Waals surface area contributed by atoms with Crippen LogP contribution >= 0.6 is 0 Å². The molecule has 0 unspecified atom stereocenters. The van der Waals surface area contributed by atoms with Gasteiger partial charge in [0.05, 0.1) is 20.8 Å². The van der Waals surface area contributed by atoms with Crippen molar-refractivity contribution in [2.75, 3.05) is 33.9 Å². The lowest BCUT2D eigenvalue weighted by Gasteiger charge is -2.22. The lowest BCUT2D eigenvalue weighted by molar-refractivity contribution is -0.00578. The Kier molecular flexibility index (Phi) is 4.43. The van der Waals surface area contributed by atoms with Crippen molar-refractivity contribution < 1.29 is 19.7 Å². The monoisotopic (exact) mass is 317 g/mol. The topological polar surface area (TPSA) is 62.2 Å². The molecule has 0 aromatic heterocycles. The van der Waals surface area contributed by atoms with E-state index < -0.39 is 5.60 Å². The maximum absolute atomic E-state index is 10.2. The zero-order valence-electron chi connectivity index (χ0n) is 13.6. The summed E-state index contributed by atoms with van der Waals surface area (Å²) in [6.07, 6.45) is 0.592. The van der Waals surface area contributed by atoms with Crippen molar-refractivity contribution in [3.63, 3.8) is 0 Å². The van der Waals surface area contributed by atoms with E-state index >= 15 is 0 Å². The number of rotatable bonds is 5. The Morgan fingerprint density at radius 3 is 2.57 bits per heavy atom. The van der Waals surface area contributed by atoms with Gasteiger partial charge in [-0.05, 0) is 24.1 Å². The highest BCUT2D eigenvalue weighted by atomic mass is 16.5. The van der Waals surface area contributed by atoms with E-state index in [0.29, 0.717) is 19.5 Å². The van der Waals surface area contributed by atoms with Crippen LogP contribution in [0.5, 0.6) is 11.5 Å². The summed E-state index contributed by atoms with van der Waals surface area (Å²) in [5, 5.41) is 21.6. The van der Waals surface area contributed by atoms with Gasteiger partial charge in [-0.1, -0.05) is 18.2 Å². The fraction of sp³-hybridized carbons (Fsp3) is 0.444. The molecule has 0 bridgehead atoms. The summed E-state index contributed by atoms with van der Waals surface area (Å²) in [4.78, 5) is 2.16. The first-order valence-electron chi connectivity index (χ1n) is 7.78. The van der Waals surface area contributed by atoms with Gasteiger partial charge in [0, 0.05) is 30.4 Å². The number of likely N-dealkylation sites (tertiary alicyclic amines) is 1. The number of benzene rings is 2. The molecule has 23 heavy (non-hydrogen) atoms. The van der Waals surface area contributed by atoms with Crippen LogP contribution in [-0.4, -0.2) is 54.6 Å². The molecule has 0 amide bonds. The molecular weight excluding hydrogens is 294 g/mol. The fourth-order valence-corrected chi connectivity index (χ4v) is 3.34. The number of fused-ring (bicyclic) bond motifs is 1. The van der Waals surface area contributed by atoms with E-state index in [4.69, 9.17) is 9.47 Å². The van der Waals surface area contributed by atoms with Gasteiger partial charge in [-0.3, -0.25) is 4.90 Å². The van der Waals surface area contributed by atoms with Crippen LogP contribution in [0.15, 0.2) is 30.3 Å². The van der Waals surface area contributed by atoms with E-state index in [2.05, 4.69) is 4.90 Å². The smallest absolute Gasteiger partial charge is 0.127 e. The van der Waals surface area contributed by atoms with Crippen LogP contribution in [0.2, 0.25) is 0 Å². The van der Waals surface area contributed by atoms with Crippen LogP contribution in [0.25, 0.3) is 10.8 Å². The second-order valence-corrected chi connectivity index (χ2v) is 6.15. The molecule has 0 radical (unpaired) electrons. The van der Waals surface area contributed by atoms with E-state index in [1.165, 1.54) is 0 Å². The van der Waals surface area contributed by atoms with Crippen molar-refractivity contribution in [2.24, 2.45) is 0 Å². The summed E-state index contributed by atoms with van der Waals surface area (Å²) in [7, 11) is 3.33. The first kappa shape index (κ1) is 16.1. The summed E-state index contributed by atoms with van der Waals surface area (Å²) in [5.74, 6) is 1.63. The number of ether oxygens (including phenoxy) is 2. The van der Waals surface area contributed by atoms with Crippen LogP contribution in [0.3, 0.4) is 0 Å². The molecule has 0 saturated carbocycles. The molecular formula is C18H23NO4. The molecule has 1 aliphatic rings. The molecule has 2 aromatic carbocycles. The normalized spacial score (nSPS) is 21.7. The standard InChI is InChI=1S/C18H23NO4/c1-22-15-7-6-13(10-19-9-8-18(21,11-19)12-20)17-14(15)4-3-5-16(17)23-2/h3-7,20-21H,8-12H2,1-2H3/t18-/m0/s1. The maximum Gasteiger partial charge on any atom is 0.127 e. The molecule has 5 heteroatoms. The highest BCUT2D eigenvalue weighted by Crippen LogP contribution is 2.36. The predicted molar refractivity (Wildman–Crippen MR) is 89.0 cm³/mol. The summed E-state index contributed by atoms with van der Waals surface area (Å²) in [6.45, 7) is 1.74. The second kappa shape index (κ2) is 6.35. The lowest BCUT2D eigenvalue weighted by Crippen LogP contribution is -2.36. The zero-order chi connectivity index (χ0) is 16.4. The van der Waals surface area contributed by atoms with Crippen molar-refractivity contribution in [1.29, 1.82) is 0 Å². The van der Waals surface area contributed by atoms with Crippen LogP contribution in [-0.2, 0) is 6.54 Å². The van der Waals surface area contributed by atoms with Gasteiger partial charge in [0.25, 0.3) is 0 Å². The van der Waals surface area contributed by atoms with Gasteiger partial charge in [-0.15, -0.1) is 0 Å². The van der Waals surface area contributed by atoms with Gasteiger partial charge in [0.1, 0.15) is 17.1 Å². The Bertz CT molecular complexity index is 703. The van der Waals surface area contributed by atoms with Crippen LogP contribution in [0, 0.1) is 0 Å². The molecule has 1 saturated heterocycles. The number of aliphatic hydroxyl groups is 2. The Hall–Kier alpha value is -1.82. The van der Waals surface area contributed by atoms with Gasteiger partial charge < -0.3 is 19.7 Å². The minimum absolute atomic E-state index is 0.198. The number of hydrogen-bond acceptors (Lipinski definition) is 5. The molecule has 1 heterocycles. The highest BCUT2D eigenvalue weighted by Gasteiger charge is 2.35. The minimum Gasteiger partial charge on any atom is -0.496 e. The first-order valence-corrected chi connectivity index (χ1v) is 7.78. The van der Waals surface area contributed by atoms with E-state index in [1.807, 2.05) is 30.3 Å². The molecule has 5 nitrogen and oxygen atoms in total. The number of nitrogens with zero attached hydrogens (tertiary/aromatic N) is 1. The van der Waals surface area contributed by atoms with Crippen molar-refractivity contribution in [3.05, 3.63) is 35.9 Å². The molecule has 1 atom stereocenters. The summed E-state index contributed by atoms with van der Waals surface area (Å²) in [5.41, 5.74) is 0.146. The molecule has 2 N–H and O–H groups in total. The largest absolute Gasteiger partial charge is 0.496 e. The average molecular weight is 317 g/mol. The molecule has 1 fully saturated rings. The second-order valence-electron chi connectivity index (χ2n) is 6.15. The van der Waals surface area contributed by atoms with Gasteiger partial charge >= 0.3 is 0 Å². The number of methoxy groups -OCH3 is 2. The molecule has 3 rings (SSSR count). The lowest BCUT2D eigenvalue weighted by atomic mass is 10.0.